The molecule has 2 rings (SSSR count). The SMILES string of the molecule is CC1CCN(CCNC(=O)C(C)Oc2cccc(CO)c2)CC1. The van der Waals surface area contributed by atoms with Gasteiger partial charge in [-0.15, -0.1) is 0 Å². The van der Waals surface area contributed by atoms with Crippen molar-refractivity contribution in [2.75, 3.05) is 26.2 Å². The Morgan fingerprint density at radius 1 is 1.43 bits per heavy atom. The summed E-state index contributed by atoms with van der Waals surface area (Å²) in [5.41, 5.74) is 0.773. The van der Waals surface area contributed by atoms with Crippen LogP contribution in [0.1, 0.15) is 32.3 Å². The van der Waals surface area contributed by atoms with E-state index in [0.717, 1.165) is 31.1 Å². The molecular weight excluding hydrogens is 292 g/mol. The lowest BCUT2D eigenvalue weighted by Crippen LogP contribution is -2.42. The van der Waals surface area contributed by atoms with Crippen molar-refractivity contribution in [1.82, 2.24) is 10.2 Å². The number of rotatable bonds is 7. The van der Waals surface area contributed by atoms with Gasteiger partial charge in [0.15, 0.2) is 6.10 Å². The third-order valence-corrected chi connectivity index (χ3v) is 4.37. The summed E-state index contributed by atoms with van der Waals surface area (Å²) >= 11 is 0. The summed E-state index contributed by atoms with van der Waals surface area (Å²) in [7, 11) is 0. The van der Waals surface area contributed by atoms with Crippen LogP contribution in [0.2, 0.25) is 0 Å². The molecule has 1 unspecified atom stereocenters. The highest BCUT2D eigenvalue weighted by Crippen LogP contribution is 2.16. The molecule has 1 heterocycles. The third kappa shape index (κ3) is 5.84. The van der Waals surface area contributed by atoms with Gasteiger partial charge in [-0.05, 0) is 56.5 Å². The number of nitrogens with zero attached hydrogens (tertiary/aromatic N) is 1. The molecule has 1 aromatic rings. The molecule has 0 aliphatic carbocycles. The van der Waals surface area contributed by atoms with Gasteiger partial charge in [0, 0.05) is 13.1 Å². The second kappa shape index (κ2) is 8.89. The number of aliphatic hydroxyl groups excluding tert-OH is 1. The number of carbonyl (C=O) groups excluding carboxylic acids is 1. The van der Waals surface area contributed by atoms with Crippen LogP contribution in [0.4, 0.5) is 0 Å². The highest BCUT2D eigenvalue weighted by atomic mass is 16.5. The van der Waals surface area contributed by atoms with E-state index in [2.05, 4.69) is 17.1 Å². The summed E-state index contributed by atoms with van der Waals surface area (Å²) in [6.07, 6.45) is 1.94. The number of amides is 1. The maximum Gasteiger partial charge on any atom is 0.260 e. The summed E-state index contributed by atoms with van der Waals surface area (Å²) in [5, 5.41) is 12.1. The summed E-state index contributed by atoms with van der Waals surface area (Å²) in [6, 6.07) is 7.16. The second-order valence-electron chi connectivity index (χ2n) is 6.38. The van der Waals surface area contributed by atoms with Gasteiger partial charge in [0.05, 0.1) is 6.61 Å². The summed E-state index contributed by atoms with van der Waals surface area (Å²) < 4.78 is 5.64. The molecule has 1 aliphatic rings. The number of nitrogens with one attached hydrogen (secondary N) is 1. The molecule has 1 fully saturated rings. The quantitative estimate of drug-likeness (QED) is 0.804. The van der Waals surface area contributed by atoms with Gasteiger partial charge in [0.25, 0.3) is 5.91 Å². The highest BCUT2D eigenvalue weighted by Gasteiger charge is 2.17. The van der Waals surface area contributed by atoms with Crippen molar-refractivity contribution >= 4 is 5.91 Å². The van der Waals surface area contributed by atoms with Crippen LogP contribution in [-0.2, 0) is 11.4 Å². The van der Waals surface area contributed by atoms with Crippen molar-refractivity contribution < 1.29 is 14.6 Å². The van der Waals surface area contributed by atoms with E-state index < -0.39 is 6.10 Å². The van der Waals surface area contributed by atoms with Gasteiger partial charge >= 0.3 is 0 Å². The molecule has 5 nitrogen and oxygen atoms in total. The van der Waals surface area contributed by atoms with Gasteiger partial charge in [-0.25, -0.2) is 0 Å². The first-order chi connectivity index (χ1) is 11.1. The molecule has 5 heteroatoms. The third-order valence-electron chi connectivity index (χ3n) is 4.37. The van der Waals surface area contributed by atoms with Crippen molar-refractivity contribution in [1.29, 1.82) is 0 Å². The first kappa shape index (κ1) is 17.8. The first-order valence-corrected chi connectivity index (χ1v) is 8.45. The van der Waals surface area contributed by atoms with Crippen LogP contribution in [0.15, 0.2) is 24.3 Å². The Morgan fingerprint density at radius 2 is 2.17 bits per heavy atom. The normalized spacial score (nSPS) is 17.7. The van der Waals surface area contributed by atoms with E-state index in [1.807, 2.05) is 12.1 Å². The number of carbonyl (C=O) groups is 1. The zero-order valence-electron chi connectivity index (χ0n) is 14.1. The minimum atomic E-state index is -0.551. The average molecular weight is 320 g/mol. The van der Waals surface area contributed by atoms with Crippen molar-refractivity contribution in [2.24, 2.45) is 5.92 Å². The Balaban J connectivity index is 1.70. The average Bonchev–Trinajstić information content (AvgIpc) is 2.56. The van der Waals surface area contributed by atoms with E-state index in [4.69, 9.17) is 9.84 Å². The van der Waals surface area contributed by atoms with Crippen LogP contribution in [-0.4, -0.2) is 48.2 Å². The summed E-state index contributed by atoms with van der Waals surface area (Å²) in [4.78, 5) is 14.5. The summed E-state index contributed by atoms with van der Waals surface area (Å²) in [6.45, 7) is 7.79. The number of hydrogen-bond donors (Lipinski definition) is 2. The van der Waals surface area contributed by atoms with Crippen molar-refractivity contribution in [3.05, 3.63) is 29.8 Å². The molecule has 0 spiro atoms. The smallest absolute Gasteiger partial charge is 0.260 e. The molecule has 128 valence electrons. The Labute approximate surface area is 138 Å². The molecule has 2 N–H and O–H groups in total. The fourth-order valence-corrected chi connectivity index (χ4v) is 2.74. The van der Waals surface area contributed by atoms with Crippen LogP contribution < -0.4 is 10.1 Å². The lowest BCUT2D eigenvalue weighted by Gasteiger charge is -2.30. The minimum Gasteiger partial charge on any atom is -0.481 e. The number of hydrogen-bond acceptors (Lipinski definition) is 4. The molecule has 0 aromatic heterocycles. The Bertz CT molecular complexity index is 499. The maximum atomic E-state index is 12.1. The van der Waals surface area contributed by atoms with Crippen molar-refractivity contribution in [3.8, 4) is 5.75 Å². The number of ether oxygens (including phenoxy) is 1. The molecule has 1 saturated heterocycles. The molecule has 0 saturated carbocycles. The zero-order valence-corrected chi connectivity index (χ0v) is 14.1. The van der Waals surface area contributed by atoms with Crippen LogP contribution in [0.25, 0.3) is 0 Å². The number of piperidine rings is 1. The number of benzene rings is 1. The van der Waals surface area contributed by atoms with E-state index in [1.54, 1.807) is 19.1 Å². The van der Waals surface area contributed by atoms with Gasteiger partial charge in [-0.3, -0.25) is 4.79 Å². The van der Waals surface area contributed by atoms with Crippen molar-refractivity contribution in [3.63, 3.8) is 0 Å². The molecule has 1 aliphatic heterocycles. The zero-order chi connectivity index (χ0) is 16.7. The van der Waals surface area contributed by atoms with Crippen LogP contribution in [0.5, 0.6) is 5.75 Å². The molecule has 1 amide bonds. The standard InChI is InChI=1S/C18H28N2O3/c1-14-6-9-20(10-7-14)11-8-19-18(22)15(2)23-17-5-3-4-16(12-17)13-21/h3-5,12,14-15,21H,6-11,13H2,1-2H3,(H,19,22). The highest BCUT2D eigenvalue weighted by molar-refractivity contribution is 5.80. The predicted octanol–water partition coefficient (Wildman–Crippen LogP) is 1.79. The van der Waals surface area contributed by atoms with E-state index >= 15 is 0 Å². The fraction of sp³-hybridized carbons (Fsp3) is 0.611. The van der Waals surface area contributed by atoms with Crippen LogP contribution in [0.3, 0.4) is 0 Å². The van der Waals surface area contributed by atoms with Gasteiger partial charge in [-0.1, -0.05) is 19.1 Å². The molecule has 0 bridgehead atoms. The van der Waals surface area contributed by atoms with Gasteiger partial charge in [0.2, 0.25) is 0 Å². The van der Waals surface area contributed by atoms with Gasteiger partial charge in [-0.2, -0.15) is 0 Å². The Kier molecular flexibility index (Phi) is 6.86. The number of likely N-dealkylation sites (tertiary alicyclic amines) is 1. The largest absolute Gasteiger partial charge is 0.481 e. The monoisotopic (exact) mass is 320 g/mol. The van der Waals surface area contributed by atoms with Crippen molar-refractivity contribution in [2.45, 2.75) is 39.4 Å². The predicted molar refractivity (Wildman–Crippen MR) is 90.3 cm³/mol. The molecule has 1 aromatic carbocycles. The van der Waals surface area contributed by atoms with Gasteiger partial charge < -0.3 is 20.1 Å². The van der Waals surface area contributed by atoms with Crippen LogP contribution in [0, 0.1) is 5.92 Å². The van der Waals surface area contributed by atoms with E-state index in [0.29, 0.717) is 12.3 Å². The molecular formula is C18H28N2O3. The maximum absolute atomic E-state index is 12.1. The van der Waals surface area contributed by atoms with E-state index in [-0.39, 0.29) is 12.5 Å². The molecule has 1 atom stereocenters. The second-order valence-corrected chi connectivity index (χ2v) is 6.38. The minimum absolute atomic E-state index is 0.0355. The summed E-state index contributed by atoms with van der Waals surface area (Å²) in [5.74, 6) is 1.32. The fourth-order valence-electron chi connectivity index (χ4n) is 2.74. The van der Waals surface area contributed by atoms with Crippen LogP contribution >= 0.6 is 0 Å². The Hall–Kier alpha value is -1.59. The lowest BCUT2D eigenvalue weighted by atomic mass is 9.99. The lowest BCUT2D eigenvalue weighted by molar-refractivity contribution is -0.127. The Morgan fingerprint density at radius 3 is 2.87 bits per heavy atom. The number of aliphatic hydroxyl groups is 1. The topological polar surface area (TPSA) is 61.8 Å². The van der Waals surface area contributed by atoms with E-state index in [9.17, 15) is 4.79 Å². The van der Waals surface area contributed by atoms with E-state index in [1.165, 1.54) is 12.8 Å². The molecule has 23 heavy (non-hydrogen) atoms. The van der Waals surface area contributed by atoms with Gasteiger partial charge in [0.1, 0.15) is 5.75 Å². The molecule has 0 radical (unpaired) electrons. The first-order valence-electron chi connectivity index (χ1n) is 8.45.